The lowest BCUT2D eigenvalue weighted by Gasteiger charge is -2.16. The van der Waals surface area contributed by atoms with Crippen molar-refractivity contribution in [1.29, 1.82) is 0 Å². The number of hydrogen-bond acceptors (Lipinski definition) is 3. The van der Waals surface area contributed by atoms with Crippen molar-refractivity contribution in [2.75, 3.05) is 7.11 Å². The minimum Gasteiger partial charge on any atom is -0.469 e. The van der Waals surface area contributed by atoms with Crippen LogP contribution in [0.1, 0.15) is 25.7 Å². The third-order valence-corrected chi connectivity index (χ3v) is 2.89. The Morgan fingerprint density at radius 1 is 1.58 bits per heavy atom. The van der Waals surface area contributed by atoms with Crippen LogP contribution in [0.3, 0.4) is 0 Å². The van der Waals surface area contributed by atoms with Crippen molar-refractivity contribution >= 4 is 5.97 Å². The van der Waals surface area contributed by atoms with Gasteiger partial charge in [-0.3, -0.25) is 4.79 Å². The molecule has 0 radical (unpaired) electrons. The summed E-state index contributed by atoms with van der Waals surface area (Å²) in [4.78, 5) is 11.0. The fourth-order valence-corrected chi connectivity index (χ4v) is 2.26. The van der Waals surface area contributed by atoms with Gasteiger partial charge in [0.05, 0.1) is 25.7 Å². The molecular formula is C9H14O3. The molecule has 0 aromatic carbocycles. The fourth-order valence-electron chi connectivity index (χ4n) is 2.26. The number of ether oxygens (including phenoxy) is 2. The summed E-state index contributed by atoms with van der Waals surface area (Å²) in [6.45, 7) is 0. The van der Waals surface area contributed by atoms with Gasteiger partial charge in [0.25, 0.3) is 0 Å². The van der Waals surface area contributed by atoms with E-state index in [1.165, 1.54) is 13.5 Å². The highest BCUT2D eigenvalue weighted by Gasteiger charge is 2.41. The second-order valence-electron chi connectivity index (χ2n) is 3.65. The number of carbonyl (C=O) groups is 1. The molecule has 3 heteroatoms. The van der Waals surface area contributed by atoms with Gasteiger partial charge in [0, 0.05) is 0 Å². The molecule has 2 rings (SSSR count). The lowest BCUT2D eigenvalue weighted by atomic mass is 9.87. The summed E-state index contributed by atoms with van der Waals surface area (Å²) in [5, 5.41) is 0. The largest absolute Gasteiger partial charge is 0.469 e. The van der Waals surface area contributed by atoms with E-state index in [-0.39, 0.29) is 5.97 Å². The zero-order valence-corrected chi connectivity index (χ0v) is 7.29. The van der Waals surface area contributed by atoms with E-state index < -0.39 is 0 Å². The van der Waals surface area contributed by atoms with Crippen LogP contribution in [0.5, 0.6) is 0 Å². The van der Waals surface area contributed by atoms with Crippen molar-refractivity contribution in [3.05, 3.63) is 0 Å². The topological polar surface area (TPSA) is 35.5 Å². The molecular weight excluding hydrogens is 156 g/mol. The Bertz CT molecular complexity index is 190. The predicted octanol–water partition coefficient (Wildman–Crippen LogP) is 1.12. The summed E-state index contributed by atoms with van der Waals surface area (Å²) in [7, 11) is 1.44. The van der Waals surface area contributed by atoms with Gasteiger partial charge in [0.2, 0.25) is 0 Å². The van der Waals surface area contributed by atoms with Crippen LogP contribution < -0.4 is 0 Å². The highest BCUT2D eigenvalue weighted by Crippen LogP contribution is 2.40. The number of rotatable bonds is 2. The number of hydrogen-bond donors (Lipinski definition) is 0. The number of methoxy groups -OCH3 is 1. The van der Waals surface area contributed by atoms with Gasteiger partial charge in [-0.2, -0.15) is 0 Å². The van der Waals surface area contributed by atoms with Gasteiger partial charge in [0.15, 0.2) is 0 Å². The summed E-state index contributed by atoms with van der Waals surface area (Å²) in [6, 6.07) is 0. The van der Waals surface area contributed by atoms with Crippen LogP contribution in [0.2, 0.25) is 0 Å². The number of fused-ring (bicyclic) bond motifs is 2. The van der Waals surface area contributed by atoms with E-state index in [9.17, 15) is 4.79 Å². The standard InChI is InChI=1S/C9H14O3/c1-11-9(10)5-6-4-7-2-3-8(6)12-7/h6-8H,2-5H2,1H3/t6-,7?,8-/m1/s1. The van der Waals surface area contributed by atoms with Gasteiger partial charge < -0.3 is 9.47 Å². The Morgan fingerprint density at radius 2 is 2.42 bits per heavy atom. The number of carbonyl (C=O) groups excluding carboxylic acids is 1. The fraction of sp³-hybridized carbons (Fsp3) is 0.889. The molecule has 12 heavy (non-hydrogen) atoms. The average Bonchev–Trinajstić information content (AvgIpc) is 2.64. The maximum Gasteiger partial charge on any atom is 0.305 e. The summed E-state index contributed by atoms with van der Waals surface area (Å²) in [5.74, 6) is 0.326. The van der Waals surface area contributed by atoms with Crippen molar-refractivity contribution in [1.82, 2.24) is 0 Å². The van der Waals surface area contributed by atoms with Gasteiger partial charge in [-0.25, -0.2) is 0 Å². The van der Waals surface area contributed by atoms with Crippen molar-refractivity contribution in [2.45, 2.75) is 37.9 Å². The lowest BCUT2D eigenvalue weighted by molar-refractivity contribution is -0.142. The molecule has 0 saturated carbocycles. The van der Waals surface area contributed by atoms with Crippen LogP contribution in [0.4, 0.5) is 0 Å². The molecule has 3 nitrogen and oxygen atoms in total. The van der Waals surface area contributed by atoms with E-state index in [0.717, 1.165) is 12.8 Å². The molecule has 68 valence electrons. The Hall–Kier alpha value is -0.570. The minimum absolute atomic E-state index is 0.101. The van der Waals surface area contributed by atoms with Gasteiger partial charge in [-0.15, -0.1) is 0 Å². The summed E-state index contributed by atoms with van der Waals surface area (Å²) in [6.07, 6.45) is 4.69. The maximum atomic E-state index is 11.0. The monoisotopic (exact) mass is 170 g/mol. The number of esters is 1. The zero-order valence-electron chi connectivity index (χ0n) is 7.29. The molecule has 2 aliphatic rings. The van der Waals surface area contributed by atoms with Crippen molar-refractivity contribution in [3.63, 3.8) is 0 Å². The molecule has 2 aliphatic heterocycles. The normalized spacial score (nSPS) is 38.6. The predicted molar refractivity (Wildman–Crippen MR) is 42.6 cm³/mol. The van der Waals surface area contributed by atoms with Crippen molar-refractivity contribution < 1.29 is 14.3 Å². The quantitative estimate of drug-likeness (QED) is 0.582. The second-order valence-corrected chi connectivity index (χ2v) is 3.65. The first kappa shape index (κ1) is 8.05. The highest BCUT2D eigenvalue weighted by atomic mass is 16.5. The third-order valence-electron chi connectivity index (χ3n) is 2.89. The van der Waals surface area contributed by atoms with E-state index in [4.69, 9.17) is 4.74 Å². The van der Waals surface area contributed by atoms with E-state index in [2.05, 4.69) is 4.74 Å². The first-order chi connectivity index (χ1) is 5.79. The zero-order chi connectivity index (χ0) is 8.55. The van der Waals surface area contributed by atoms with Gasteiger partial charge in [-0.1, -0.05) is 0 Å². The SMILES string of the molecule is COC(=O)C[C@H]1CC2CC[C@H]1O2. The van der Waals surface area contributed by atoms with E-state index >= 15 is 0 Å². The molecule has 1 unspecified atom stereocenters. The molecule has 2 heterocycles. The molecule has 3 atom stereocenters. The minimum atomic E-state index is -0.101. The smallest absolute Gasteiger partial charge is 0.305 e. The first-order valence-electron chi connectivity index (χ1n) is 4.52. The summed E-state index contributed by atoms with van der Waals surface area (Å²) >= 11 is 0. The van der Waals surface area contributed by atoms with Crippen LogP contribution in [-0.4, -0.2) is 25.3 Å². The Balaban J connectivity index is 1.86. The molecule has 0 aromatic rings. The maximum absolute atomic E-state index is 11.0. The second kappa shape index (κ2) is 3.05. The Kier molecular flexibility index (Phi) is 2.05. The molecule has 0 aromatic heterocycles. The highest BCUT2D eigenvalue weighted by molar-refractivity contribution is 5.69. The molecule has 0 N–H and O–H groups in total. The molecule has 0 amide bonds. The average molecular weight is 170 g/mol. The van der Waals surface area contributed by atoms with Crippen LogP contribution in [0, 0.1) is 5.92 Å². The molecule has 2 saturated heterocycles. The van der Waals surface area contributed by atoms with Gasteiger partial charge in [-0.05, 0) is 25.2 Å². The van der Waals surface area contributed by atoms with Crippen molar-refractivity contribution in [3.8, 4) is 0 Å². The van der Waals surface area contributed by atoms with E-state index in [1.54, 1.807) is 0 Å². The van der Waals surface area contributed by atoms with Gasteiger partial charge >= 0.3 is 5.97 Å². The lowest BCUT2D eigenvalue weighted by Crippen LogP contribution is -2.20. The van der Waals surface area contributed by atoms with Crippen LogP contribution in [-0.2, 0) is 14.3 Å². The summed E-state index contributed by atoms with van der Waals surface area (Å²) < 4.78 is 10.2. The van der Waals surface area contributed by atoms with E-state index in [1.807, 2.05) is 0 Å². The van der Waals surface area contributed by atoms with Crippen LogP contribution >= 0.6 is 0 Å². The van der Waals surface area contributed by atoms with Crippen molar-refractivity contribution in [2.24, 2.45) is 5.92 Å². The molecule has 2 fully saturated rings. The van der Waals surface area contributed by atoms with Crippen LogP contribution in [0.15, 0.2) is 0 Å². The van der Waals surface area contributed by atoms with Crippen LogP contribution in [0.25, 0.3) is 0 Å². The van der Waals surface area contributed by atoms with E-state index in [0.29, 0.717) is 24.5 Å². The molecule has 0 aliphatic carbocycles. The Labute approximate surface area is 72.0 Å². The Morgan fingerprint density at radius 3 is 2.92 bits per heavy atom. The molecule has 0 spiro atoms. The van der Waals surface area contributed by atoms with Gasteiger partial charge in [0.1, 0.15) is 0 Å². The third kappa shape index (κ3) is 1.33. The first-order valence-corrected chi connectivity index (χ1v) is 4.52. The summed E-state index contributed by atoms with van der Waals surface area (Å²) in [5.41, 5.74) is 0. The molecule has 2 bridgehead atoms.